The SMILES string of the molecule is CN(C)C(=O)CN1C(=O)COc2ccc([N+](=O)[O-])cc21. The van der Waals surface area contributed by atoms with Gasteiger partial charge in [0.25, 0.3) is 11.6 Å². The molecule has 1 aliphatic heterocycles. The number of nitro benzene ring substituents is 1. The number of anilines is 1. The lowest BCUT2D eigenvalue weighted by Crippen LogP contribution is -2.44. The zero-order valence-corrected chi connectivity index (χ0v) is 11.0. The summed E-state index contributed by atoms with van der Waals surface area (Å²) in [6.07, 6.45) is 0. The average Bonchev–Trinajstić information content (AvgIpc) is 2.41. The Morgan fingerprint density at radius 2 is 2.20 bits per heavy atom. The average molecular weight is 279 g/mol. The van der Waals surface area contributed by atoms with Gasteiger partial charge in [-0.3, -0.25) is 24.6 Å². The summed E-state index contributed by atoms with van der Waals surface area (Å²) < 4.78 is 5.20. The van der Waals surface area contributed by atoms with Gasteiger partial charge >= 0.3 is 0 Å². The molecule has 8 heteroatoms. The van der Waals surface area contributed by atoms with Crippen LogP contribution in [-0.2, 0) is 9.59 Å². The van der Waals surface area contributed by atoms with E-state index in [1.54, 1.807) is 14.1 Å². The van der Waals surface area contributed by atoms with Gasteiger partial charge in [0.05, 0.1) is 10.6 Å². The second kappa shape index (κ2) is 5.16. The Hall–Kier alpha value is -2.64. The second-order valence-corrected chi connectivity index (χ2v) is 4.47. The summed E-state index contributed by atoms with van der Waals surface area (Å²) in [5, 5.41) is 10.8. The van der Waals surface area contributed by atoms with Gasteiger partial charge in [0, 0.05) is 26.2 Å². The van der Waals surface area contributed by atoms with Crippen molar-refractivity contribution in [2.75, 3.05) is 32.1 Å². The minimum absolute atomic E-state index is 0.163. The summed E-state index contributed by atoms with van der Waals surface area (Å²) in [6, 6.07) is 3.95. The maximum Gasteiger partial charge on any atom is 0.271 e. The van der Waals surface area contributed by atoms with Crippen LogP contribution in [0.4, 0.5) is 11.4 Å². The van der Waals surface area contributed by atoms with Gasteiger partial charge < -0.3 is 9.64 Å². The third-order valence-corrected chi connectivity index (χ3v) is 2.89. The number of amides is 2. The first-order valence-corrected chi connectivity index (χ1v) is 5.82. The number of hydrogen-bond acceptors (Lipinski definition) is 5. The van der Waals surface area contributed by atoms with Crippen molar-refractivity contribution < 1.29 is 19.2 Å². The van der Waals surface area contributed by atoms with Gasteiger partial charge in [-0.1, -0.05) is 0 Å². The summed E-state index contributed by atoms with van der Waals surface area (Å²) >= 11 is 0. The number of hydrogen-bond donors (Lipinski definition) is 0. The van der Waals surface area contributed by atoms with E-state index in [9.17, 15) is 19.7 Å². The molecule has 0 N–H and O–H groups in total. The van der Waals surface area contributed by atoms with Crippen LogP contribution in [0.5, 0.6) is 5.75 Å². The van der Waals surface area contributed by atoms with Gasteiger partial charge in [-0.2, -0.15) is 0 Å². The Bertz CT molecular complexity index is 584. The summed E-state index contributed by atoms with van der Waals surface area (Å²) in [5.41, 5.74) is 0.0787. The van der Waals surface area contributed by atoms with E-state index >= 15 is 0 Å². The first kappa shape index (κ1) is 13.8. The maximum atomic E-state index is 11.9. The lowest BCUT2D eigenvalue weighted by molar-refractivity contribution is -0.384. The van der Waals surface area contributed by atoms with E-state index < -0.39 is 10.8 Å². The van der Waals surface area contributed by atoms with Gasteiger partial charge in [-0.25, -0.2) is 0 Å². The largest absolute Gasteiger partial charge is 0.482 e. The molecule has 8 nitrogen and oxygen atoms in total. The Balaban J connectivity index is 2.39. The van der Waals surface area contributed by atoms with Crippen molar-refractivity contribution in [1.29, 1.82) is 0 Å². The fourth-order valence-corrected chi connectivity index (χ4v) is 1.75. The first-order chi connectivity index (χ1) is 9.40. The minimum atomic E-state index is -0.564. The molecule has 2 rings (SSSR count). The Morgan fingerprint density at radius 3 is 2.80 bits per heavy atom. The van der Waals surface area contributed by atoms with Crippen LogP contribution in [0.3, 0.4) is 0 Å². The molecule has 1 heterocycles. The van der Waals surface area contributed by atoms with Crippen LogP contribution in [0.2, 0.25) is 0 Å². The fourth-order valence-electron chi connectivity index (χ4n) is 1.75. The molecule has 0 atom stereocenters. The lowest BCUT2D eigenvalue weighted by atomic mass is 10.2. The molecule has 0 unspecified atom stereocenters. The maximum absolute atomic E-state index is 11.9. The highest BCUT2D eigenvalue weighted by molar-refractivity contribution is 6.02. The van der Waals surface area contributed by atoms with E-state index in [2.05, 4.69) is 0 Å². The molecule has 1 aliphatic rings. The van der Waals surface area contributed by atoms with Gasteiger partial charge in [-0.15, -0.1) is 0 Å². The summed E-state index contributed by atoms with van der Waals surface area (Å²) in [4.78, 5) is 36.4. The predicted molar refractivity (Wildman–Crippen MR) is 69.6 cm³/mol. The smallest absolute Gasteiger partial charge is 0.271 e. The highest BCUT2D eigenvalue weighted by Crippen LogP contribution is 2.35. The quantitative estimate of drug-likeness (QED) is 0.590. The van der Waals surface area contributed by atoms with E-state index in [0.717, 1.165) is 0 Å². The summed E-state index contributed by atoms with van der Waals surface area (Å²) in [6.45, 7) is -0.366. The molecule has 0 radical (unpaired) electrons. The molecule has 0 fully saturated rings. The van der Waals surface area contributed by atoms with Gasteiger partial charge in [0.15, 0.2) is 6.61 Å². The predicted octanol–water partition coefficient (Wildman–Crippen LogP) is 0.408. The van der Waals surface area contributed by atoms with Crippen LogP contribution in [0.1, 0.15) is 0 Å². The molecular formula is C12H13N3O5. The number of non-ortho nitro benzene ring substituents is 1. The highest BCUT2D eigenvalue weighted by atomic mass is 16.6. The van der Waals surface area contributed by atoms with Crippen molar-refractivity contribution in [3.63, 3.8) is 0 Å². The Kier molecular flexibility index (Phi) is 3.55. The molecule has 0 saturated heterocycles. The van der Waals surface area contributed by atoms with Crippen LogP contribution in [-0.4, -0.2) is 48.9 Å². The number of carbonyl (C=O) groups is 2. The van der Waals surface area contributed by atoms with Crippen molar-refractivity contribution in [2.24, 2.45) is 0 Å². The number of ether oxygens (including phenoxy) is 1. The normalized spacial score (nSPS) is 13.5. The molecular weight excluding hydrogens is 266 g/mol. The molecule has 2 amide bonds. The number of carbonyl (C=O) groups excluding carboxylic acids is 2. The fraction of sp³-hybridized carbons (Fsp3) is 0.333. The lowest BCUT2D eigenvalue weighted by Gasteiger charge is -2.29. The van der Waals surface area contributed by atoms with Crippen molar-refractivity contribution in [1.82, 2.24) is 4.90 Å². The van der Waals surface area contributed by atoms with E-state index in [1.165, 1.54) is 28.0 Å². The molecule has 0 bridgehead atoms. The molecule has 0 spiro atoms. The van der Waals surface area contributed by atoms with Gasteiger partial charge in [-0.05, 0) is 6.07 Å². The molecule has 0 aliphatic carbocycles. The highest BCUT2D eigenvalue weighted by Gasteiger charge is 2.29. The van der Waals surface area contributed by atoms with Gasteiger partial charge in [0.2, 0.25) is 5.91 Å². The summed E-state index contributed by atoms with van der Waals surface area (Å²) in [5.74, 6) is -0.340. The zero-order chi connectivity index (χ0) is 14.9. The van der Waals surface area contributed by atoms with E-state index in [1.807, 2.05) is 0 Å². The standard InChI is InChI=1S/C12H13N3O5/c1-13(2)11(16)6-14-9-5-8(15(18)19)3-4-10(9)20-7-12(14)17/h3-5H,6-7H2,1-2H3. The van der Waals surface area contributed by atoms with E-state index in [0.29, 0.717) is 5.75 Å². The van der Waals surface area contributed by atoms with Crippen LogP contribution < -0.4 is 9.64 Å². The number of rotatable bonds is 3. The molecule has 1 aromatic carbocycles. The topological polar surface area (TPSA) is 93.0 Å². The third kappa shape index (κ3) is 2.53. The van der Waals surface area contributed by atoms with Crippen LogP contribution in [0.15, 0.2) is 18.2 Å². The van der Waals surface area contributed by atoms with Crippen molar-refractivity contribution in [2.45, 2.75) is 0 Å². The third-order valence-electron chi connectivity index (χ3n) is 2.89. The number of nitrogens with zero attached hydrogens (tertiary/aromatic N) is 3. The molecule has 0 saturated carbocycles. The zero-order valence-electron chi connectivity index (χ0n) is 11.0. The van der Waals surface area contributed by atoms with Crippen molar-refractivity contribution >= 4 is 23.2 Å². The van der Waals surface area contributed by atoms with Crippen molar-refractivity contribution in [3.05, 3.63) is 28.3 Å². The molecule has 1 aromatic rings. The van der Waals surface area contributed by atoms with E-state index in [4.69, 9.17) is 4.74 Å². The van der Waals surface area contributed by atoms with Crippen LogP contribution in [0.25, 0.3) is 0 Å². The number of benzene rings is 1. The van der Waals surface area contributed by atoms with Crippen LogP contribution >= 0.6 is 0 Å². The minimum Gasteiger partial charge on any atom is -0.482 e. The van der Waals surface area contributed by atoms with Crippen molar-refractivity contribution in [3.8, 4) is 5.75 Å². The first-order valence-electron chi connectivity index (χ1n) is 5.82. The van der Waals surface area contributed by atoms with E-state index in [-0.39, 0.29) is 30.4 Å². The summed E-state index contributed by atoms with van der Waals surface area (Å²) in [7, 11) is 3.14. The Labute approximate surface area is 114 Å². The molecule has 106 valence electrons. The Morgan fingerprint density at radius 1 is 1.50 bits per heavy atom. The second-order valence-electron chi connectivity index (χ2n) is 4.47. The number of fused-ring (bicyclic) bond motifs is 1. The number of likely N-dealkylation sites (N-methyl/N-ethyl adjacent to an activating group) is 1. The monoisotopic (exact) mass is 279 g/mol. The van der Waals surface area contributed by atoms with Crippen LogP contribution in [0, 0.1) is 10.1 Å². The molecule has 20 heavy (non-hydrogen) atoms. The number of nitro groups is 1. The van der Waals surface area contributed by atoms with Gasteiger partial charge in [0.1, 0.15) is 12.3 Å². The molecule has 0 aromatic heterocycles.